The molecule has 0 bridgehead atoms. The summed E-state index contributed by atoms with van der Waals surface area (Å²) in [5.41, 5.74) is 0.240. The van der Waals surface area contributed by atoms with Crippen LogP contribution in [0.25, 0.3) is 0 Å². The number of nitro groups is 1. The van der Waals surface area contributed by atoms with Crippen LogP contribution in [0.5, 0.6) is 0 Å². The number of amides is 1. The molecule has 0 unspecified atom stereocenters. The van der Waals surface area contributed by atoms with Crippen LogP contribution in [-0.2, 0) is 0 Å². The molecule has 1 aromatic rings. The van der Waals surface area contributed by atoms with Crippen LogP contribution in [-0.4, -0.2) is 28.3 Å². The van der Waals surface area contributed by atoms with Gasteiger partial charge in [0.15, 0.2) is 0 Å². The molecule has 1 aromatic carbocycles. The summed E-state index contributed by atoms with van der Waals surface area (Å²) in [6, 6.07) is 4.68. The van der Waals surface area contributed by atoms with Gasteiger partial charge in [0, 0.05) is 24.2 Å². The van der Waals surface area contributed by atoms with E-state index < -0.39 is 4.92 Å². The smallest absolute Gasteiger partial charge is 0.284 e. The predicted octanol–water partition coefficient (Wildman–Crippen LogP) is 3.15. The molecular weight excluding hydrogens is 312 g/mol. The van der Waals surface area contributed by atoms with E-state index in [9.17, 15) is 14.9 Å². The summed E-state index contributed by atoms with van der Waals surface area (Å²) >= 11 is 3.11. The Morgan fingerprint density at radius 3 is 2.79 bits per heavy atom. The molecule has 0 aliphatic heterocycles. The molecular formula is C13H13BrN2O3. The molecule has 0 aromatic heterocycles. The summed E-state index contributed by atoms with van der Waals surface area (Å²) in [5.74, 6) is -0.182. The van der Waals surface area contributed by atoms with E-state index in [2.05, 4.69) is 22.5 Å². The first-order valence-electron chi connectivity index (χ1n) is 5.90. The first-order valence-corrected chi connectivity index (χ1v) is 6.69. The molecule has 0 spiro atoms. The molecule has 1 aliphatic carbocycles. The van der Waals surface area contributed by atoms with E-state index >= 15 is 0 Å². The summed E-state index contributed by atoms with van der Waals surface area (Å²) in [6.45, 7) is 4.10. The molecule has 100 valence electrons. The van der Waals surface area contributed by atoms with Gasteiger partial charge in [-0.25, -0.2) is 0 Å². The molecule has 1 saturated carbocycles. The topological polar surface area (TPSA) is 63.5 Å². The molecule has 0 saturated heterocycles. The van der Waals surface area contributed by atoms with Gasteiger partial charge in [0.1, 0.15) is 0 Å². The standard InChI is InChI=1S/C13H13BrN2O3/c1-2-7-15(10-4-5-10)13(17)9-3-6-11(14)12(8-9)16(18)19/h2-3,6,8,10H,1,4-5,7H2. The molecule has 19 heavy (non-hydrogen) atoms. The molecule has 0 heterocycles. The SMILES string of the molecule is C=CCN(C(=O)c1ccc(Br)c([N+](=O)[O-])c1)C1CC1. The van der Waals surface area contributed by atoms with Crippen molar-refractivity contribution in [3.63, 3.8) is 0 Å². The lowest BCUT2D eigenvalue weighted by molar-refractivity contribution is -0.385. The Bertz CT molecular complexity index is 541. The maximum atomic E-state index is 12.3. The molecule has 0 atom stereocenters. The Morgan fingerprint density at radius 2 is 2.26 bits per heavy atom. The predicted molar refractivity (Wildman–Crippen MR) is 75.1 cm³/mol. The number of carbonyl (C=O) groups excluding carboxylic acids is 1. The zero-order valence-electron chi connectivity index (χ0n) is 10.2. The Hall–Kier alpha value is -1.69. The van der Waals surface area contributed by atoms with Gasteiger partial charge in [-0.2, -0.15) is 0 Å². The van der Waals surface area contributed by atoms with Gasteiger partial charge >= 0.3 is 0 Å². The second kappa shape index (κ2) is 5.52. The third-order valence-electron chi connectivity index (χ3n) is 2.96. The van der Waals surface area contributed by atoms with Crippen molar-refractivity contribution in [1.29, 1.82) is 0 Å². The summed E-state index contributed by atoms with van der Waals surface area (Å²) in [6.07, 6.45) is 3.64. The van der Waals surface area contributed by atoms with Gasteiger partial charge in [-0.1, -0.05) is 6.08 Å². The zero-order chi connectivity index (χ0) is 14.0. The van der Waals surface area contributed by atoms with Crippen LogP contribution in [0.3, 0.4) is 0 Å². The van der Waals surface area contributed by atoms with Crippen molar-refractivity contribution in [3.8, 4) is 0 Å². The van der Waals surface area contributed by atoms with Crippen LogP contribution >= 0.6 is 15.9 Å². The summed E-state index contributed by atoms with van der Waals surface area (Å²) in [4.78, 5) is 24.4. The van der Waals surface area contributed by atoms with E-state index in [1.165, 1.54) is 12.1 Å². The second-order valence-electron chi connectivity index (χ2n) is 4.40. The van der Waals surface area contributed by atoms with Crippen molar-refractivity contribution < 1.29 is 9.72 Å². The van der Waals surface area contributed by atoms with E-state index in [0.29, 0.717) is 16.6 Å². The van der Waals surface area contributed by atoms with Gasteiger partial charge in [-0.15, -0.1) is 6.58 Å². The highest BCUT2D eigenvalue weighted by atomic mass is 79.9. The number of halogens is 1. The Kier molecular flexibility index (Phi) is 3.99. The largest absolute Gasteiger partial charge is 0.332 e. The van der Waals surface area contributed by atoms with Gasteiger partial charge in [0.25, 0.3) is 11.6 Å². The van der Waals surface area contributed by atoms with E-state index in [1.807, 2.05) is 0 Å². The average Bonchev–Trinajstić information content (AvgIpc) is 3.19. The zero-order valence-corrected chi connectivity index (χ0v) is 11.8. The normalized spacial score (nSPS) is 13.9. The summed E-state index contributed by atoms with van der Waals surface area (Å²) < 4.78 is 0.371. The van der Waals surface area contributed by atoms with E-state index in [1.54, 1.807) is 17.0 Å². The Morgan fingerprint density at radius 1 is 1.58 bits per heavy atom. The van der Waals surface area contributed by atoms with Crippen molar-refractivity contribution in [2.45, 2.75) is 18.9 Å². The second-order valence-corrected chi connectivity index (χ2v) is 5.26. The van der Waals surface area contributed by atoms with Crippen molar-refractivity contribution in [3.05, 3.63) is 51.0 Å². The maximum absolute atomic E-state index is 12.3. The Balaban J connectivity index is 2.29. The fourth-order valence-electron chi connectivity index (χ4n) is 1.87. The number of rotatable bonds is 5. The van der Waals surface area contributed by atoms with Crippen molar-refractivity contribution in [2.24, 2.45) is 0 Å². The van der Waals surface area contributed by atoms with Gasteiger partial charge in [0.05, 0.1) is 9.40 Å². The number of benzene rings is 1. The number of carbonyl (C=O) groups is 1. The minimum Gasteiger partial charge on any atom is -0.332 e. The van der Waals surface area contributed by atoms with Crippen LogP contribution in [0.1, 0.15) is 23.2 Å². The molecule has 1 fully saturated rings. The number of hydrogen-bond donors (Lipinski definition) is 0. The highest BCUT2D eigenvalue weighted by Gasteiger charge is 2.32. The lowest BCUT2D eigenvalue weighted by Gasteiger charge is -2.20. The first-order chi connectivity index (χ1) is 9.04. The first kappa shape index (κ1) is 13.7. The van der Waals surface area contributed by atoms with Crippen molar-refractivity contribution in [2.75, 3.05) is 6.54 Å². The van der Waals surface area contributed by atoms with E-state index in [-0.39, 0.29) is 17.6 Å². The fraction of sp³-hybridized carbons (Fsp3) is 0.308. The van der Waals surface area contributed by atoms with Crippen molar-refractivity contribution in [1.82, 2.24) is 4.90 Å². The summed E-state index contributed by atoms with van der Waals surface area (Å²) in [7, 11) is 0. The quantitative estimate of drug-likeness (QED) is 0.475. The van der Waals surface area contributed by atoms with Crippen molar-refractivity contribution >= 4 is 27.5 Å². The van der Waals surface area contributed by atoms with Crippen LogP contribution < -0.4 is 0 Å². The highest BCUT2D eigenvalue weighted by Crippen LogP contribution is 2.30. The Labute approximate surface area is 119 Å². The van der Waals surface area contributed by atoms with Crippen LogP contribution in [0, 0.1) is 10.1 Å². The summed E-state index contributed by atoms with van der Waals surface area (Å²) in [5, 5.41) is 10.9. The van der Waals surface area contributed by atoms with Gasteiger partial charge in [-0.05, 0) is 40.9 Å². The molecule has 1 aliphatic rings. The van der Waals surface area contributed by atoms with Gasteiger partial charge in [0.2, 0.25) is 0 Å². The highest BCUT2D eigenvalue weighted by molar-refractivity contribution is 9.10. The molecule has 1 amide bonds. The minimum absolute atomic E-state index is 0.0970. The lowest BCUT2D eigenvalue weighted by Crippen LogP contribution is -2.33. The monoisotopic (exact) mass is 324 g/mol. The van der Waals surface area contributed by atoms with Gasteiger partial charge < -0.3 is 4.90 Å². The number of nitrogens with zero attached hydrogens (tertiary/aromatic N) is 2. The van der Waals surface area contributed by atoms with Crippen LogP contribution in [0.4, 0.5) is 5.69 Å². The molecule has 2 rings (SSSR count). The molecule has 6 heteroatoms. The third kappa shape index (κ3) is 3.01. The molecule has 0 N–H and O–H groups in total. The van der Waals surface area contributed by atoms with Gasteiger partial charge in [-0.3, -0.25) is 14.9 Å². The van der Waals surface area contributed by atoms with Crippen LogP contribution in [0.2, 0.25) is 0 Å². The molecule has 0 radical (unpaired) electrons. The fourth-order valence-corrected chi connectivity index (χ4v) is 2.27. The maximum Gasteiger partial charge on any atom is 0.284 e. The molecule has 5 nitrogen and oxygen atoms in total. The third-order valence-corrected chi connectivity index (χ3v) is 3.63. The van der Waals surface area contributed by atoms with E-state index in [0.717, 1.165) is 12.8 Å². The average molecular weight is 325 g/mol. The van der Waals surface area contributed by atoms with Crippen LogP contribution in [0.15, 0.2) is 35.3 Å². The lowest BCUT2D eigenvalue weighted by atomic mass is 10.1. The number of hydrogen-bond acceptors (Lipinski definition) is 3. The minimum atomic E-state index is -0.504. The van der Waals surface area contributed by atoms with E-state index in [4.69, 9.17) is 0 Å². The number of nitro benzene ring substituents is 1.